The molecule has 0 amide bonds. The Balaban J connectivity index is 2.57. The predicted octanol–water partition coefficient (Wildman–Crippen LogP) is 1.89. The van der Waals surface area contributed by atoms with Crippen LogP contribution < -0.4 is 5.73 Å². The molecule has 7 nitrogen and oxygen atoms in total. The van der Waals surface area contributed by atoms with E-state index in [1.165, 1.54) is 12.1 Å². The zero-order chi connectivity index (χ0) is 18.1. The Morgan fingerprint density at radius 1 is 1.33 bits per heavy atom. The van der Waals surface area contributed by atoms with Crippen molar-refractivity contribution in [3.63, 3.8) is 0 Å². The first-order chi connectivity index (χ1) is 11.1. The normalized spacial score (nSPS) is 23.2. The second-order valence-corrected chi connectivity index (χ2v) is 7.32. The summed E-state index contributed by atoms with van der Waals surface area (Å²) >= 11 is 0. The molecule has 0 bridgehead atoms. The minimum atomic E-state index is -4.82. The Morgan fingerprint density at radius 2 is 1.96 bits per heavy atom. The van der Waals surface area contributed by atoms with Gasteiger partial charge in [-0.3, -0.25) is 10.1 Å². The number of hydrogen-bond donors (Lipinski definition) is 1. The molecule has 1 saturated heterocycles. The first-order valence-electron chi connectivity index (χ1n) is 7.12. The number of para-hydroxylation sites is 1. The maximum atomic E-state index is 13.4. The number of nitrogens with two attached hydrogens (primary N) is 1. The minimum absolute atomic E-state index is 0.142. The van der Waals surface area contributed by atoms with Crippen LogP contribution in [0.25, 0.3) is 0 Å². The van der Waals surface area contributed by atoms with Crippen LogP contribution in [0.3, 0.4) is 0 Å². The molecular formula is C13H16F3N3O4S. The molecule has 1 heterocycles. The summed E-state index contributed by atoms with van der Waals surface area (Å²) in [6.45, 7) is -0.692. The van der Waals surface area contributed by atoms with Crippen LogP contribution in [0, 0.1) is 16.0 Å². The molecule has 1 aliphatic rings. The molecule has 1 aromatic carbocycles. The van der Waals surface area contributed by atoms with Crippen LogP contribution in [0.1, 0.15) is 12.8 Å². The number of hydrogen-bond acceptors (Lipinski definition) is 5. The van der Waals surface area contributed by atoms with Gasteiger partial charge in [0.25, 0.3) is 5.69 Å². The Labute approximate surface area is 136 Å². The van der Waals surface area contributed by atoms with E-state index in [9.17, 15) is 31.7 Å². The van der Waals surface area contributed by atoms with Gasteiger partial charge < -0.3 is 5.73 Å². The Bertz CT molecular complexity index is 723. The van der Waals surface area contributed by atoms with Crippen molar-refractivity contribution in [3.05, 3.63) is 34.4 Å². The van der Waals surface area contributed by atoms with Crippen molar-refractivity contribution in [1.82, 2.24) is 4.31 Å². The quantitative estimate of drug-likeness (QED) is 0.646. The summed E-state index contributed by atoms with van der Waals surface area (Å²) in [6.07, 6.45) is -4.47. The fourth-order valence-corrected chi connectivity index (χ4v) is 4.81. The fourth-order valence-electron chi connectivity index (χ4n) is 2.94. The van der Waals surface area contributed by atoms with Crippen LogP contribution in [0.15, 0.2) is 29.2 Å². The molecule has 0 spiro atoms. The van der Waals surface area contributed by atoms with E-state index in [0.29, 0.717) is 4.31 Å². The highest BCUT2D eigenvalue weighted by atomic mass is 32.2. The summed E-state index contributed by atoms with van der Waals surface area (Å²) in [5.41, 5.74) is 4.63. The van der Waals surface area contributed by atoms with Crippen LogP contribution in [0.4, 0.5) is 18.9 Å². The van der Waals surface area contributed by atoms with Crippen LogP contribution >= 0.6 is 0 Å². The molecule has 2 rings (SSSR count). The number of nitro benzene ring substituents is 1. The van der Waals surface area contributed by atoms with Crippen molar-refractivity contribution in [1.29, 1.82) is 0 Å². The van der Waals surface area contributed by atoms with Crippen LogP contribution in [-0.2, 0) is 10.0 Å². The van der Waals surface area contributed by atoms with Crippen LogP contribution in [-0.4, -0.2) is 43.0 Å². The second kappa shape index (κ2) is 6.65. The molecule has 1 fully saturated rings. The average Bonchev–Trinajstić information content (AvgIpc) is 2.53. The van der Waals surface area contributed by atoms with Crippen molar-refractivity contribution in [2.24, 2.45) is 11.7 Å². The molecule has 0 aromatic heterocycles. The summed E-state index contributed by atoms with van der Waals surface area (Å²) in [7, 11) is -4.70. The van der Waals surface area contributed by atoms with Gasteiger partial charge in [-0.1, -0.05) is 12.1 Å². The third-order valence-electron chi connectivity index (χ3n) is 4.00. The van der Waals surface area contributed by atoms with Gasteiger partial charge in [0.2, 0.25) is 10.0 Å². The molecule has 1 aliphatic heterocycles. The Hall–Kier alpha value is -1.72. The Kier molecular flexibility index (Phi) is 5.16. The number of benzene rings is 1. The van der Waals surface area contributed by atoms with Crippen LogP contribution in [0.5, 0.6) is 0 Å². The lowest BCUT2D eigenvalue weighted by Crippen LogP contribution is -2.57. The number of sulfonamides is 1. The van der Waals surface area contributed by atoms with Gasteiger partial charge in [-0.25, -0.2) is 8.42 Å². The highest BCUT2D eigenvalue weighted by Crippen LogP contribution is 2.39. The zero-order valence-electron chi connectivity index (χ0n) is 12.4. The van der Waals surface area contributed by atoms with Gasteiger partial charge in [0.1, 0.15) is 6.04 Å². The van der Waals surface area contributed by atoms with Crippen molar-refractivity contribution in [2.45, 2.75) is 30.0 Å². The molecule has 2 N–H and O–H groups in total. The van der Waals surface area contributed by atoms with E-state index in [1.807, 2.05) is 0 Å². The van der Waals surface area contributed by atoms with Gasteiger partial charge in [0, 0.05) is 12.6 Å². The standard InChI is InChI=1S/C13H16F3N3O4S/c14-13(15,16)12-9(8-17)4-3-7-18(12)24(22,23)11-6-2-1-5-10(11)19(20)21/h1-2,5-6,9,12H,3-4,7-8,17H2/t9-,12-/m0/s1. The highest BCUT2D eigenvalue weighted by Gasteiger charge is 2.53. The molecule has 0 radical (unpaired) electrons. The molecule has 0 aliphatic carbocycles. The molecule has 0 unspecified atom stereocenters. The molecule has 1 aromatic rings. The number of nitro groups is 1. The predicted molar refractivity (Wildman–Crippen MR) is 78.6 cm³/mol. The van der Waals surface area contributed by atoms with E-state index in [2.05, 4.69) is 0 Å². The summed E-state index contributed by atoms with van der Waals surface area (Å²) in [5, 5.41) is 11.0. The van der Waals surface area contributed by atoms with Gasteiger partial charge >= 0.3 is 6.18 Å². The van der Waals surface area contributed by atoms with Gasteiger partial charge in [-0.2, -0.15) is 17.5 Å². The van der Waals surface area contributed by atoms with Crippen molar-refractivity contribution < 1.29 is 26.5 Å². The minimum Gasteiger partial charge on any atom is -0.330 e. The van der Waals surface area contributed by atoms with Gasteiger partial charge in [0.15, 0.2) is 4.90 Å². The molecule has 0 saturated carbocycles. The lowest BCUT2D eigenvalue weighted by molar-refractivity contribution is -0.387. The number of halogens is 3. The number of piperidine rings is 1. The van der Waals surface area contributed by atoms with E-state index >= 15 is 0 Å². The number of alkyl halides is 3. The maximum absolute atomic E-state index is 13.4. The van der Waals surface area contributed by atoms with Crippen molar-refractivity contribution in [2.75, 3.05) is 13.1 Å². The third-order valence-corrected chi connectivity index (χ3v) is 5.93. The smallest absolute Gasteiger partial charge is 0.330 e. The molecule has 2 atom stereocenters. The van der Waals surface area contributed by atoms with Gasteiger partial charge in [-0.15, -0.1) is 0 Å². The summed E-state index contributed by atoms with van der Waals surface area (Å²) in [6, 6.07) is 2.07. The van der Waals surface area contributed by atoms with Gasteiger partial charge in [0.05, 0.1) is 4.92 Å². The second-order valence-electron chi connectivity index (χ2n) is 5.47. The van der Waals surface area contributed by atoms with E-state index < -0.39 is 43.7 Å². The van der Waals surface area contributed by atoms with E-state index in [0.717, 1.165) is 12.1 Å². The molecular weight excluding hydrogens is 351 g/mol. The highest BCUT2D eigenvalue weighted by molar-refractivity contribution is 7.89. The Morgan fingerprint density at radius 3 is 2.50 bits per heavy atom. The number of rotatable bonds is 4. The lowest BCUT2D eigenvalue weighted by Gasteiger charge is -2.40. The monoisotopic (exact) mass is 367 g/mol. The van der Waals surface area contributed by atoms with Crippen molar-refractivity contribution >= 4 is 15.7 Å². The molecule has 134 valence electrons. The first kappa shape index (κ1) is 18.6. The zero-order valence-corrected chi connectivity index (χ0v) is 13.3. The summed E-state index contributed by atoms with van der Waals surface area (Å²) in [5.74, 6) is -1.09. The fraction of sp³-hybridized carbons (Fsp3) is 0.538. The van der Waals surface area contributed by atoms with E-state index in [4.69, 9.17) is 5.73 Å². The topological polar surface area (TPSA) is 107 Å². The average molecular weight is 367 g/mol. The maximum Gasteiger partial charge on any atom is 0.405 e. The third kappa shape index (κ3) is 3.37. The van der Waals surface area contributed by atoms with E-state index in [-0.39, 0.29) is 25.9 Å². The lowest BCUT2D eigenvalue weighted by atomic mass is 9.90. The largest absolute Gasteiger partial charge is 0.405 e. The molecule has 24 heavy (non-hydrogen) atoms. The molecule has 11 heteroatoms. The van der Waals surface area contributed by atoms with Gasteiger partial charge in [-0.05, 0) is 31.4 Å². The SMILES string of the molecule is NC[C@@H]1CCCN(S(=O)(=O)c2ccccc2[N+](=O)[O-])[C@@H]1C(F)(F)F. The summed E-state index contributed by atoms with van der Waals surface area (Å²) in [4.78, 5) is 9.35. The van der Waals surface area contributed by atoms with Crippen LogP contribution in [0.2, 0.25) is 0 Å². The summed E-state index contributed by atoms with van der Waals surface area (Å²) < 4.78 is 66.0. The van der Waals surface area contributed by atoms with Crippen molar-refractivity contribution in [3.8, 4) is 0 Å². The first-order valence-corrected chi connectivity index (χ1v) is 8.56. The number of nitrogens with zero attached hydrogens (tertiary/aromatic N) is 2. The van der Waals surface area contributed by atoms with E-state index in [1.54, 1.807) is 0 Å².